The van der Waals surface area contributed by atoms with Crippen molar-refractivity contribution in [3.8, 4) is 0 Å². The third-order valence-corrected chi connectivity index (χ3v) is 26.3. The molecule has 0 amide bonds. The van der Waals surface area contributed by atoms with Crippen LogP contribution in [0, 0.1) is 0 Å². The molecule has 47 heavy (non-hydrogen) atoms. The number of methoxy groups -OCH3 is 1. The van der Waals surface area contributed by atoms with Crippen LogP contribution >= 0.6 is 0 Å². The average molecular weight is 703 g/mol. The molecule has 0 fully saturated rings. The average Bonchev–Trinajstić information content (AvgIpc) is 2.97. The van der Waals surface area contributed by atoms with Gasteiger partial charge < -0.3 is 22.8 Å². The van der Waals surface area contributed by atoms with Gasteiger partial charge in [-0.3, -0.25) is 0 Å². The van der Waals surface area contributed by atoms with Crippen LogP contribution in [-0.4, -0.2) is 64.3 Å². The van der Waals surface area contributed by atoms with Gasteiger partial charge in [-0.25, -0.2) is 0 Å². The molecule has 2 rings (SSSR count). The van der Waals surface area contributed by atoms with Gasteiger partial charge in [-0.05, 0) is 63.0 Å². The molecule has 2 atom stereocenters. The predicted molar refractivity (Wildman–Crippen MR) is 209 cm³/mol. The molecule has 0 saturated heterocycles. The van der Waals surface area contributed by atoms with Gasteiger partial charge >= 0.3 is 0 Å². The SMILES string of the molecule is COCO[C@H](CO[Si](C(C)C)(C(C)C)C(C)C)[C@@H](CCCO[Si](c1ccccc1)(c1ccccc1)C(C)(C)C)O[Si](C)(C)C(C)(C)C. The van der Waals surface area contributed by atoms with Gasteiger partial charge in [-0.2, -0.15) is 0 Å². The number of benzene rings is 2. The Balaban J connectivity index is 2.47. The standard InChI is InChI=1S/C39H70O5Si3/c1-31(2)46(32(3)4,33(5)6)43-29-37(41-30-40-13)36(44-45(14,15)38(7,8)9)27-22-28-42-47(39(10,11)12,34-23-18-16-19-24-34)35-25-20-17-21-26-35/h16-21,23-26,31-33,36-37H,22,27-30H2,1-15H3/t36-,37-/m1/s1. The maximum atomic E-state index is 7.29. The van der Waals surface area contributed by atoms with Crippen LogP contribution in [0.15, 0.2) is 60.7 Å². The molecule has 2 aromatic rings. The minimum Gasteiger partial charge on any atom is -0.413 e. The summed E-state index contributed by atoms with van der Waals surface area (Å²) in [6, 6.07) is 21.8. The Kier molecular flexibility index (Phi) is 15.8. The summed E-state index contributed by atoms with van der Waals surface area (Å²) in [6.07, 6.45) is 1.31. The summed E-state index contributed by atoms with van der Waals surface area (Å²) in [5, 5.41) is 2.61. The molecule has 0 unspecified atom stereocenters. The molecule has 8 heteroatoms. The summed E-state index contributed by atoms with van der Waals surface area (Å²) in [4.78, 5) is 0. The first-order valence-corrected chi connectivity index (χ1v) is 24.9. The van der Waals surface area contributed by atoms with Crippen molar-refractivity contribution in [3.05, 3.63) is 60.7 Å². The summed E-state index contributed by atoms with van der Waals surface area (Å²) >= 11 is 0. The van der Waals surface area contributed by atoms with Gasteiger partial charge in [0.1, 0.15) is 12.9 Å². The van der Waals surface area contributed by atoms with Crippen LogP contribution in [0.2, 0.25) is 39.8 Å². The number of ether oxygens (including phenoxy) is 2. The topological polar surface area (TPSA) is 46.2 Å². The second-order valence-corrected chi connectivity index (χ2v) is 31.3. The van der Waals surface area contributed by atoms with Crippen molar-refractivity contribution >= 4 is 35.3 Å². The van der Waals surface area contributed by atoms with Crippen molar-refractivity contribution in [1.29, 1.82) is 0 Å². The Morgan fingerprint density at radius 3 is 1.49 bits per heavy atom. The Morgan fingerprint density at radius 1 is 0.638 bits per heavy atom. The summed E-state index contributed by atoms with van der Waals surface area (Å²) in [7, 11) is -5.19. The Labute approximate surface area is 292 Å². The van der Waals surface area contributed by atoms with Crippen LogP contribution in [0.25, 0.3) is 0 Å². The van der Waals surface area contributed by atoms with Crippen molar-refractivity contribution in [1.82, 2.24) is 0 Å². The molecular formula is C39H70O5Si3. The lowest BCUT2D eigenvalue weighted by Gasteiger charge is -2.45. The fraction of sp³-hybridized carbons (Fsp3) is 0.692. The highest BCUT2D eigenvalue weighted by molar-refractivity contribution is 6.99. The van der Waals surface area contributed by atoms with Gasteiger partial charge in [0, 0.05) is 13.7 Å². The minimum atomic E-state index is -2.63. The molecule has 0 aliphatic carbocycles. The molecule has 5 nitrogen and oxygen atoms in total. The normalized spacial score (nSPS) is 15.1. The molecule has 0 radical (unpaired) electrons. The van der Waals surface area contributed by atoms with Gasteiger partial charge in [-0.1, -0.05) is 144 Å². The van der Waals surface area contributed by atoms with Crippen molar-refractivity contribution < 1.29 is 22.8 Å². The van der Waals surface area contributed by atoms with E-state index in [-0.39, 0.29) is 29.1 Å². The third kappa shape index (κ3) is 10.2. The Bertz CT molecular complexity index is 1100. The van der Waals surface area contributed by atoms with Crippen LogP contribution < -0.4 is 10.4 Å². The molecule has 0 aliphatic rings. The maximum absolute atomic E-state index is 7.29. The first-order valence-electron chi connectivity index (χ1n) is 17.9. The van der Waals surface area contributed by atoms with E-state index in [0.717, 1.165) is 12.8 Å². The van der Waals surface area contributed by atoms with Crippen molar-refractivity contribution in [2.24, 2.45) is 0 Å². The van der Waals surface area contributed by atoms with Gasteiger partial charge in [-0.15, -0.1) is 0 Å². The van der Waals surface area contributed by atoms with Gasteiger partial charge in [0.05, 0.1) is 12.7 Å². The highest BCUT2D eigenvalue weighted by Crippen LogP contribution is 2.43. The number of hydrogen-bond acceptors (Lipinski definition) is 5. The van der Waals surface area contributed by atoms with Gasteiger partial charge in [0.2, 0.25) is 0 Å². The molecule has 0 spiro atoms. The lowest BCUT2D eigenvalue weighted by molar-refractivity contribution is -0.124. The van der Waals surface area contributed by atoms with Crippen LogP contribution in [0.1, 0.15) is 95.9 Å². The second kappa shape index (κ2) is 17.7. The first-order chi connectivity index (χ1) is 21.8. The lowest BCUT2D eigenvalue weighted by Crippen LogP contribution is -2.66. The summed E-state index contributed by atoms with van der Waals surface area (Å²) < 4.78 is 33.6. The monoisotopic (exact) mass is 702 g/mol. The Hall–Kier alpha value is -1.11. The van der Waals surface area contributed by atoms with Crippen molar-refractivity contribution in [2.45, 2.75) is 148 Å². The number of rotatable bonds is 19. The first kappa shape index (κ1) is 42.1. The second-order valence-electron chi connectivity index (χ2n) is 16.8. The highest BCUT2D eigenvalue weighted by Gasteiger charge is 2.50. The van der Waals surface area contributed by atoms with E-state index in [2.05, 4.69) is 157 Å². The smallest absolute Gasteiger partial charge is 0.261 e. The van der Waals surface area contributed by atoms with Gasteiger partial charge in [0.15, 0.2) is 16.6 Å². The van der Waals surface area contributed by atoms with Crippen LogP contribution in [0.5, 0.6) is 0 Å². The van der Waals surface area contributed by atoms with E-state index in [1.165, 1.54) is 10.4 Å². The molecule has 0 N–H and O–H groups in total. The molecule has 2 aromatic carbocycles. The lowest BCUT2D eigenvalue weighted by atomic mass is 10.1. The van der Waals surface area contributed by atoms with Crippen molar-refractivity contribution in [2.75, 3.05) is 27.1 Å². The van der Waals surface area contributed by atoms with E-state index in [1.807, 2.05) is 0 Å². The summed E-state index contributed by atoms with van der Waals surface area (Å²) in [5.74, 6) is 0. The minimum absolute atomic E-state index is 0.0651. The molecule has 0 heterocycles. The zero-order valence-electron chi connectivity index (χ0n) is 32.7. The maximum Gasteiger partial charge on any atom is 0.261 e. The number of hydrogen-bond donors (Lipinski definition) is 0. The van der Waals surface area contributed by atoms with Crippen LogP contribution in [0.3, 0.4) is 0 Å². The Morgan fingerprint density at radius 2 is 1.11 bits per heavy atom. The quantitative estimate of drug-likeness (QED) is 0.0829. The molecular weight excluding hydrogens is 633 g/mol. The summed E-state index contributed by atoms with van der Waals surface area (Å²) in [6.45, 7) is 34.0. The van der Waals surface area contributed by atoms with Gasteiger partial charge in [0.25, 0.3) is 8.32 Å². The third-order valence-electron chi connectivity index (χ3n) is 10.6. The van der Waals surface area contributed by atoms with Crippen LogP contribution in [-0.2, 0) is 22.8 Å². The largest absolute Gasteiger partial charge is 0.413 e. The van der Waals surface area contributed by atoms with E-state index in [1.54, 1.807) is 7.11 Å². The zero-order valence-corrected chi connectivity index (χ0v) is 35.7. The fourth-order valence-corrected chi connectivity index (χ4v) is 18.7. The molecule has 0 aromatic heterocycles. The fourth-order valence-electron chi connectivity index (χ4n) is 7.29. The van der Waals surface area contributed by atoms with E-state index in [4.69, 9.17) is 22.8 Å². The highest BCUT2D eigenvalue weighted by atomic mass is 28.4. The van der Waals surface area contributed by atoms with Crippen molar-refractivity contribution in [3.63, 3.8) is 0 Å². The molecule has 0 aliphatic heterocycles. The molecule has 0 saturated carbocycles. The van der Waals surface area contributed by atoms with E-state index in [9.17, 15) is 0 Å². The zero-order chi connectivity index (χ0) is 35.7. The predicted octanol–water partition coefficient (Wildman–Crippen LogP) is 9.91. The summed E-state index contributed by atoms with van der Waals surface area (Å²) in [5.41, 5.74) is 1.47. The van der Waals surface area contributed by atoms with E-state index < -0.39 is 25.0 Å². The van der Waals surface area contributed by atoms with Crippen LogP contribution in [0.4, 0.5) is 0 Å². The van der Waals surface area contributed by atoms with E-state index >= 15 is 0 Å². The molecule has 268 valence electrons. The molecule has 0 bridgehead atoms. The van der Waals surface area contributed by atoms with E-state index in [0.29, 0.717) is 29.8 Å².